The Balaban J connectivity index is 1.87. The van der Waals surface area contributed by atoms with Gasteiger partial charge in [0.15, 0.2) is 6.61 Å². The second-order valence-corrected chi connectivity index (χ2v) is 9.17. The van der Waals surface area contributed by atoms with Gasteiger partial charge in [0.05, 0.1) is 6.61 Å². The van der Waals surface area contributed by atoms with Gasteiger partial charge in [0.1, 0.15) is 16.3 Å². The fraction of sp³-hybridized carbons (Fsp3) is 0.280. The third-order valence-electron chi connectivity index (χ3n) is 5.07. The quantitative estimate of drug-likeness (QED) is 0.399. The number of carbonyl (C=O) groups excluding carboxylic acids is 2. The summed E-state index contributed by atoms with van der Waals surface area (Å²) in [7, 11) is 0. The number of hydrogen-bond donors (Lipinski definition) is 1. The minimum atomic E-state index is -0.483. The molecule has 1 heterocycles. The highest BCUT2D eigenvalue weighted by molar-refractivity contribution is 7.17. The molecule has 1 amide bonds. The first-order valence-electron chi connectivity index (χ1n) is 10.3. The number of ether oxygens (including phenoxy) is 2. The van der Waals surface area contributed by atoms with Crippen molar-refractivity contribution in [2.24, 2.45) is 0 Å². The fourth-order valence-electron chi connectivity index (χ4n) is 3.45. The lowest BCUT2D eigenvalue weighted by Crippen LogP contribution is -2.21. The van der Waals surface area contributed by atoms with Gasteiger partial charge >= 0.3 is 5.97 Å². The van der Waals surface area contributed by atoms with Gasteiger partial charge in [0.2, 0.25) is 0 Å². The molecule has 0 unspecified atom stereocenters. The van der Waals surface area contributed by atoms with E-state index in [4.69, 9.17) is 21.1 Å². The van der Waals surface area contributed by atoms with Crippen LogP contribution in [0.2, 0.25) is 5.02 Å². The highest BCUT2D eigenvalue weighted by Crippen LogP contribution is 2.40. The normalized spacial score (nSPS) is 10.7. The van der Waals surface area contributed by atoms with E-state index in [9.17, 15) is 9.59 Å². The SMILES string of the molecule is CCOC(=O)c1c(NC(=O)COc2cc(C)cc(C)c2C)sc(C)c1-c1ccc(Cl)cc1. The molecule has 0 saturated carbocycles. The first-order valence-corrected chi connectivity index (χ1v) is 11.5. The molecule has 0 fully saturated rings. The molecule has 0 aliphatic rings. The zero-order valence-electron chi connectivity index (χ0n) is 18.8. The predicted molar refractivity (Wildman–Crippen MR) is 130 cm³/mol. The molecular weight excluding hydrogens is 446 g/mol. The van der Waals surface area contributed by atoms with Crippen molar-refractivity contribution >= 4 is 39.8 Å². The van der Waals surface area contributed by atoms with Gasteiger partial charge in [-0.3, -0.25) is 4.79 Å². The van der Waals surface area contributed by atoms with Crippen LogP contribution in [-0.2, 0) is 9.53 Å². The van der Waals surface area contributed by atoms with Crippen molar-refractivity contribution in [2.45, 2.75) is 34.6 Å². The largest absolute Gasteiger partial charge is 0.483 e. The lowest BCUT2D eigenvalue weighted by Gasteiger charge is -2.13. The number of benzene rings is 2. The Labute approximate surface area is 197 Å². The molecule has 0 spiro atoms. The van der Waals surface area contributed by atoms with Crippen molar-refractivity contribution < 1.29 is 19.1 Å². The number of hydrogen-bond acceptors (Lipinski definition) is 5. The summed E-state index contributed by atoms with van der Waals surface area (Å²) in [5, 5.41) is 3.88. The Kier molecular flexibility index (Phi) is 7.59. The van der Waals surface area contributed by atoms with Crippen LogP contribution in [0.3, 0.4) is 0 Å². The molecule has 7 heteroatoms. The number of halogens is 1. The summed E-state index contributed by atoms with van der Waals surface area (Å²) >= 11 is 7.35. The van der Waals surface area contributed by atoms with Crippen molar-refractivity contribution in [1.82, 2.24) is 0 Å². The van der Waals surface area contributed by atoms with Gasteiger partial charge in [-0.2, -0.15) is 0 Å². The Morgan fingerprint density at radius 2 is 1.75 bits per heavy atom. The van der Waals surface area contributed by atoms with E-state index in [1.165, 1.54) is 11.3 Å². The maximum atomic E-state index is 12.8. The van der Waals surface area contributed by atoms with E-state index in [0.717, 1.165) is 32.7 Å². The Bertz CT molecular complexity index is 1150. The minimum Gasteiger partial charge on any atom is -0.483 e. The molecule has 168 valence electrons. The molecular formula is C25H26ClNO4S. The van der Waals surface area contributed by atoms with Gasteiger partial charge in [-0.15, -0.1) is 11.3 Å². The molecule has 0 saturated heterocycles. The van der Waals surface area contributed by atoms with Gasteiger partial charge < -0.3 is 14.8 Å². The Morgan fingerprint density at radius 3 is 2.41 bits per heavy atom. The van der Waals surface area contributed by atoms with Gasteiger partial charge in [0, 0.05) is 15.5 Å². The molecule has 0 aliphatic carbocycles. The van der Waals surface area contributed by atoms with Gasteiger partial charge in [-0.25, -0.2) is 4.79 Å². The number of aryl methyl sites for hydroxylation is 3. The van der Waals surface area contributed by atoms with Gasteiger partial charge in [-0.05, 0) is 75.1 Å². The van der Waals surface area contributed by atoms with Crippen molar-refractivity contribution in [1.29, 1.82) is 0 Å². The second-order valence-electron chi connectivity index (χ2n) is 7.51. The van der Waals surface area contributed by atoms with Crippen molar-refractivity contribution in [3.63, 3.8) is 0 Å². The summed E-state index contributed by atoms with van der Waals surface area (Å²) in [6.07, 6.45) is 0. The molecule has 3 aromatic rings. The predicted octanol–water partition coefficient (Wildman–Crippen LogP) is 6.50. The summed E-state index contributed by atoms with van der Waals surface area (Å²) in [6.45, 7) is 9.67. The highest BCUT2D eigenvalue weighted by atomic mass is 35.5. The number of thiophene rings is 1. The van der Waals surface area contributed by atoms with Gasteiger partial charge in [-0.1, -0.05) is 29.8 Å². The third kappa shape index (κ3) is 5.31. The molecule has 2 aromatic carbocycles. The van der Waals surface area contributed by atoms with Crippen LogP contribution in [0.25, 0.3) is 11.1 Å². The zero-order chi connectivity index (χ0) is 23.4. The van der Waals surface area contributed by atoms with E-state index in [1.54, 1.807) is 19.1 Å². The van der Waals surface area contributed by atoms with E-state index in [-0.39, 0.29) is 19.1 Å². The van der Waals surface area contributed by atoms with E-state index >= 15 is 0 Å². The van der Waals surface area contributed by atoms with Gasteiger partial charge in [0.25, 0.3) is 5.91 Å². The van der Waals surface area contributed by atoms with Crippen LogP contribution in [0.1, 0.15) is 38.8 Å². The van der Waals surface area contributed by atoms with E-state index in [0.29, 0.717) is 21.3 Å². The summed E-state index contributed by atoms with van der Waals surface area (Å²) in [4.78, 5) is 26.4. The first kappa shape index (κ1) is 23.8. The number of carbonyl (C=O) groups is 2. The number of nitrogens with one attached hydrogen (secondary N) is 1. The van der Waals surface area contributed by atoms with Crippen molar-refractivity contribution in [2.75, 3.05) is 18.5 Å². The van der Waals surface area contributed by atoms with Crippen LogP contribution in [0.15, 0.2) is 36.4 Å². The molecule has 0 radical (unpaired) electrons. The van der Waals surface area contributed by atoms with Crippen LogP contribution >= 0.6 is 22.9 Å². The monoisotopic (exact) mass is 471 g/mol. The first-order chi connectivity index (χ1) is 15.2. The Hall–Kier alpha value is -2.83. The molecule has 1 N–H and O–H groups in total. The number of rotatable bonds is 7. The van der Waals surface area contributed by atoms with Crippen molar-refractivity contribution in [3.8, 4) is 16.9 Å². The second kappa shape index (κ2) is 10.2. The molecule has 32 heavy (non-hydrogen) atoms. The molecule has 3 rings (SSSR count). The standard InChI is InChI=1S/C25H26ClNO4S/c1-6-30-25(29)23-22(18-7-9-19(26)10-8-18)17(5)32-24(23)27-21(28)13-31-20-12-14(2)11-15(3)16(20)4/h7-12H,6,13H2,1-5H3,(H,27,28). The lowest BCUT2D eigenvalue weighted by molar-refractivity contribution is -0.118. The molecule has 0 aliphatic heterocycles. The number of esters is 1. The average molecular weight is 472 g/mol. The lowest BCUT2D eigenvalue weighted by atomic mass is 10.0. The number of anilines is 1. The average Bonchev–Trinajstić information content (AvgIpc) is 3.06. The summed E-state index contributed by atoms with van der Waals surface area (Å²) in [6, 6.07) is 11.2. The highest BCUT2D eigenvalue weighted by Gasteiger charge is 2.25. The van der Waals surface area contributed by atoms with Crippen LogP contribution in [0, 0.1) is 27.7 Å². The maximum Gasteiger partial charge on any atom is 0.341 e. The summed E-state index contributed by atoms with van der Waals surface area (Å²) in [5.41, 5.74) is 5.06. The molecule has 0 atom stereocenters. The number of amides is 1. The third-order valence-corrected chi connectivity index (χ3v) is 6.35. The van der Waals surface area contributed by atoms with Crippen LogP contribution < -0.4 is 10.1 Å². The van der Waals surface area contributed by atoms with E-state index in [1.807, 2.05) is 45.9 Å². The van der Waals surface area contributed by atoms with E-state index < -0.39 is 5.97 Å². The molecule has 1 aromatic heterocycles. The van der Waals surface area contributed by atoms with Crippen LogP contribution in [0.4, 0.5) is 5.00 Å². The van der Waals surface area contributed by atoms with E-state index in [2.05, 4.69) is 11.4 Å². The Morgan fingerprint density at radius 1 is 1.06 bits per heavy atom. The summed E-state index contributed by atoms with van der Waals surface area (Å²) < 4.78 is 11.1. The molecule has 5 nitrogen and oxygen atoms in total. The topological polar surface area (TPSA) is 64.6 Å². The summed E-state index contributed by atoms with van der Waals surface area (Å²) in [5.74, 6) is -0.159. The fourth-order valence-corrected chi connectivity index (χ4v) is 4.66. The van der Waals surface area contributed by atoms with Crippen LogP contribution in [-0.4, -0.2) is 25.1 Å². The smallest absolute Gasteiger partial charge is 0.341 e. The zero-order valence-corrected chi connectivity index (χ0v) is 20.4. The minimum absolute atomic E-state index is 0.167. The maximum absolute atomic E-state index is 12.8. The van der Waals surface area contributed by atoms with Crippen LogP contribution in [0.5, 0.6) is 5.75 Å². The molecule has 0 bridgehead atoms. The van der Waals surface area contributed by atoms with Crippen molar-refractivity contribution in [3.05, 3.63) is 68.6 Å².